The Balaban J connectivity index is 1.74. The fourth-order valence-corrected chi connectivity index (χ4v) is 4.70. The van der Waals surface area contributed by atoms with E-state index in [1.54, 1.807) is 19.2 Å². The lowest BCUT2D eigenvalue weighted by atomic mass is 9.60. The molecular weight excluding hydrogens is 304 g/mol. The molecule has 1 spiro atoms. The topological polar surface area (TPSA) is 47.9 Å². The highest BCUT2D eigenvalue weighted by atomic mass is 16.7. The quantitative estimate of drug-likeness (QED) is 0.882. The van der Waals surface area contributed by atoms with Gasteiger partial charge in [0, 0.05) is 11.0 Å². The van der Waals surface area contributed by atoms with Crippen LogP contribution >= 0.6 is 0 Å². The largest absolute Gasteiger partial charge is 0.504 e. The second kappa shape index (κ2) is 6.93. The Bertz CT molecular complexity index is 561. The second-order valence-electron chi connectivity index (χ2n) is 7.98. The molecule has 1 N–H and O–H groups in total. The molecule has 1 aliphatic heterocycles. The van der Waals surface area contributed by atoms with Crippen LogP contribution in [0.3, 0.4) is 0 Å². The van der Waals surface area contributed by atoms with Gasteiger partial charge in [-0.25, -0.2) is 0 Å². The summed E-state index contributed by atoms with van der Waals surface area (Å²) in [7, 11) is 1.55. The molecule has 0 aromatic heterocycles. The molecule has 1 aromatic carbocycles. The summed E-state index contributed by atoms with van der Waals surface area (Å²) in [5.74, 6) is 2.62. The van der Waals surface area contributed by atoms with E-state index in [0.29, 0.717) is 17.6 Å². The number of benzene rings is 1. The minimum atomic E-state index is -0.379. The minimum Gasteiger partial charge on any atom is -0.504 e. The van der Waals surface area contributed by atoms with Crippen LogP contribution in [0.4, 0.5) is 0 Å². The second-order valence-corrected chi connectivity index (χ2v) is 7.98. The van der Waals surface area contributed by atoms with Crippen LogP contribution in [-0.4, -0.2) is 25.4 Å². The normalized spacial score (nSPS) is 33.8. The molecule has 0 amide bonds. The van der Waals surface area contributed by atoms with E-state index in [9.17, 15) is 5.11 Å². The van der Waals surface area contributed by atoms with Crippen molar-refractivity contribution in [1.82, 2.24) is 0 Å². The lowest BCUT2D eigenvalue weighted by Crippen LogP contribution is -2.49. The van der Waals surface area contributed by atoms with Crippen LogP contribution in [0.25, 0.3) is 0 Å². The average Bonchev–Trinajstić information content (AvgIpc) is 2.56. The summed E-state index contributed by atoms with van der Waals surface area (Å²) in [6.07, 6.45) is 3.38. The molecule has 134 valence electrons. The summed E-state index contributed by atoms with van der Waals surface area (Å²) in [6, 6.07) is 5.26. The van der Waals surface area contributed by atoms with Crippen LogP contribution in [0.1, 0.15) is 51.9 Å². The zero-order valence-electron chi connectivity index (χ0n) is 15.2. The minimum absolute atomic E-state index is 0.134. The van der Waals surface area contributed by atoms with Crippen LogP contribution in [0, 0.1) is 23.2 Å². The number of hydrogen-bond acceptors (Lipinski definition) is 4. The predicted octanol–water partition coefficient (Wildman–Crippen LogP) is 4.52. The third-order valence-corrected chi connectivity index (χ3v) is 5.84. The van der Waals surface area contributed by atoms with Gasteiger partial charge in [-0.15, -0.1) is 0 Å². The summed E-state index contributed by atoms with van der Waals surface area (Å²) in [4.78, 5) is 0. The van der Waals surface area contributed by atoms with Gasteiger partial charge in [-0.2, -0.15) is 0 Å². The van der Waals surface area contributed by atoms with E-state index < -0.39 is 0 Å². The van der Waals surface area contributed by atoms with Crippen LogP contribution in [0.5, 0.6) is 11.5 Å². The van der Waals surface area contributed by atoms with E-state index in [0.717, 1.165) is 24.7 Å². The van der Waals surface area contributed by atoms with E-state index >= 15 is 0 Å². The molecule has 0 bridgehead atoms. The van der Waals surface area contributed by atoms with Gasteiger partial charge < -0.3 is 19.3 Å². The van der Waals surface area contributed by atoms with E-state index in [4.69, 9.17) is 14.2 Å². The van der Waals surface area contributed by atoms with Crippen LogP contribution in [0.2, 0.25) is 0 Å². The lowest BCUT2D eigenvalue weighted by molar-refractivity contribution is -0.258. The third kappa shape index (κ3) is 3.27. The summed E-state index contributed by atoms with van der Waals surface area (Å²) >= 11 is 0. The summed E-state index contributed by atoms with van der Waals surface area (Å²) in [6.45, 7) is 8.47. The van der Waals surface area contributed by atoms with Crippen molar-refractivity contribution < 1.29 is 19.3 Å². The fourth-order valence-electron chi connectivity index (χ4n) is 4.70. The number of methoxy groups -OCH3 is 1. The summed E-state index contributed by atoms with van der Waals surface area (Å²) < 4.78 is 17.5. The maximum absolute atomic E-state index is 9.75. The van der Waals surface area contributed by atoms with Crippen molar-refractivity contribution in [3.63, 3.8) is 0 Å². The smallest absolute Gasteiger partial charge is 0.183 e. The Labute approximate surface area is 145 Å². The molecule has 2 atom stereocenters. The molecule has 24 heavy (non-hydrogen) atoms. The third-order valence-electron chi connectivity index (χ3n) is 5.84. The molecule has 1 heterocycles. The first kappa shape index (κ1) is 17.6. The van der Waals surface area contributed by atoms with Gasteiger partial charge in [0.25, 0.3) is 0 Å². The molecule has 2 fully saturated rings. The molecule has 0 radical (unpaired) electrons. The molecule has 0 unspecified atom stereocenters. The van der Waals surface area contributed by atoms with Gasteiger partial charge in [-0.05, 0) is 42.7 Å². The van der Waals surface area contributed by atoms with E-state index in [-0.39, 0.29) is 17.5 Å². The van der Waals surface area contributed by atoms with Crippen molar-refractivity contribution in [2.75, 3.05) is 20.3 Å². The Morgan fingerprint density at radius 2 is 1.92 bits per heavy atom. The fraction of sp³-hybridized carbons (Fsp3) is 0.700. The highest BCUT2D eigenvalue weighted by Crippen LogP contribution is 2.50. The zero-order valence-corrected chi connectivity index (χ0v) is 15.2. The predicted molar refractivity (Wildman–Crippen MR) is 93.1 cm³/mol. The number of phenols is 1. The number of ether oxygens (including phenoxy) is 3. The van der Waals surface area contributed by atoms with Crippen molar-refractivity contribution in [3.8, 4) is 11.5 Å². The Morgan fingerprint density at radius 1 is 1.21 bits per heavy atom. The van der Waals surface area contributed by atoms with Gasteiger partial charge >= 0.3 is 0 Å². The Kier molecular flexibility index (Phi) is 5.07. The molecule has 1 aliphatic carbocycles. The van der Waals surface area contributed by atoms with Gasteiger partial charge in [0.2, 0.25) is 0 Å². The van der Waals surface area contributed by atoms with Gasteiger partial charge in [-0.1, -0.05) is 33.3 Å². The van der Waals surface area contributed by atoms with Crippen LogP contribution in [-0.2, 0) is 9.47 Å². The summed E-state index contributed by atoms with van der Waals surface area (Å²) in [5.41, 5.74) is 1.04. The molecule has 2 aliphatic rings. The molecule has 4 heteroatoms. The average molecular weight is 334 g/mol. The van der Waals surface area contributed by atoms with Crippen molar-refractivity contribution in [3.05, 3.63) is 23.8 Å². The van der Waals surface area contributed by atoms with Crippen LogP contribution in [0.15, 0.2) is 18.2 Å². The molecular formula is C20H30O4. The molecule has 4 nitrogen and oxygen atoms in total. The number of hydrogen-bond donors (Lipinski definition) is 1. The maximum atomic E-state index is 9.75. The van der Waals surface area contributed by atoms with Crippen LogP contribution < -0.4 is 4.74 Å². The first-order valence-electron chi connectivity index (χ1n) is 9.05. The van der Waals surface area contributed by atoms with Gasteiger partial charge in [0.05, 0.1) is 20.3 Å². The molecule has 3 rings (SSSR count). The zero-order chi connectivity index (χ0) is 17.3. The SMILES string of the molecule is COc1cc(C2OCC3(CO2)C[C@H](C)CC[C@H]3C(C)C)ccc1O. The van der Waals surface area contributed by atoms with Gasteiger partial charge in [-0.3, -0.25) is 0 Å². The Morgan fingerprint density at radius 3 is 2.54 bits per heavy atom. The highest BCUT2D eigenvalue weighted by Gasteiger charge is 2.47. The summed E-state index contributed by atoms with van der Waals surface area (Å²) in [5, 5.41) is 9.75. The van der Waals surface area contributed by atoms with Crippen molar-refractivity contribution in [2.24, 2.45) is 23.2 Å². The Hall–Kier alpha value is -1.26. The van der Waals surface area contributed by atoms with Crippen molar-refractivity contribution in [2.45, 2.75) is 46.3 Å². The van der Waals surface area contributed by atoms with E-state index in [1.165, 1.54) is 19.3 Å². The van der Waals surface area contributed by atoms with Crippen molar-refractivity contribution >= 4 is 0 Å². The molecule has 1 aromatic rings. The standard InChI is InChI=1S/C20H30O4/c1-13(2)16-7-5-14(3)10-20(16)11-23-19(24-12-20)15-6-8-17(21)18(9-15)22-4/h6,8-9,13-14,16,19,21H,5,7,10-12H2,1-4H3/t14-,16+,19?,20?/m1/s1. The number of aromatic hydroxyl groups is 1. The highest BCUT2D eigenvalue weighted by molar-refractivity contribution is 5.42. The van der Waals surface area contributed by atoms with E-state index in [2.05, 4.69) is 20.8 Å². The first-order chi connectivity index (χ1) is 11.4. The van der Waals surface area contributed by atoms with Gasteiger partial charge in [0.1, 0.15) is 0 Å². The number of rotatable bonds is 3. The molecule has 1 saturated carbocycles. The maximum Gasteiger partial charge on any atom is 0.183 e. The van der Waals surface area contributed by atoms with E-state index in [1.807, 2.05) is 6.07 Å². The number of phenolic OH excluding ortho intramolecular Hbond substituents is 1. The first-order valence-corrected chi connectivity index (χ1v) is 9.05. The van der Waals surface area contributed by atoms with Crippen molar-refractivity contribution in [1.29, 1.82) is 0 Å². The lowest BCUT2D eigenvalue weighted by Gasteiger charge is -2.51. The van der Waals surface area contributed by atoms with Gasteiger partial charge in [0.15, 0.2) is 17.8 Å². The molecule has 1 saturated heterocycles. The monoisotopic (exact) mass is 334 g/mol.